The van der Waals surface area contributed by atoms with Crippen molar-refractivity contribution in [2.45, 2.75) is 32.8 Å². The summed E-state index contributed by atoms with van der Waals surface area (Å²) in [6.45, 7) is 12.6. The van der Waals surface area contributed by atoms with Crippen molar-refractivity contribution in [1.82, 2.24) is 0 Å². The van der Waals surface area contributed by atoms with Crippen LogP contribution < -0.4 is 9.80 Å². The molecule has 0 atom stereocenters. The van der Waals surface area contributed by atoms with Crippen molar-refractivity contribution in [2.24, 2.45) is 0 Å². The monoisotopic (exact) mass is 558 g/mol. The topological polar surface area (TPSA) is 6.48 Å². The van der Waals surface area contributed by atoms with Gasteiger partial charge in [-0.15, -0.1) is 0 Å². The number of benzene rings is 2. The van der Waals surface area contributed by atoms with Gasteiger partial charge in [0.1, 0.15) is 0 Å². The van der Waals surface area contributed by atoms with Crippen molar-refractivity contribution in [1.29, 1.82) is 0 Å². The molecule has 0 unspecified atom stereocenters. The molecule has 2 aromatic rings. The van der Waals surface area contributed by atoms with Gasteiger partial charge < -0.3 is 0 Å². The van der Waals surface area contributed by atoms with E-state index in [1.165, 1.54) is 11.4 Å². The van der Waals surface area contributed by atoms with Crippen molar-refractivity contribution < 1.29 is 18.0 Å². The fraction of sp³-hybridized carbons (Fsp3) is 0.455. The van der Waals surface area contributed by atoms with Crippen LogP contribution in [-0.2, 0) is 23.1 Å². The first-order chi connectivity index (χ1) is 13.7. The summed E-state index contributed by atoms with van der Waals surface area (Å²) in [7, 11) is 0. The molecule has 0 aliphatic heterocycles. The summed E-state index contributed by atoms with van der Waals surface area (Å²) in [4.78, 5) is 4.65. The molecule has 0 radical (unpaired) electrons. The number of hydrogen-bond acceptors (Lipinski definition) is 6. The van der Waals surface area contributed by atoms with Gasteiger partial charge in [-0.3, -0.25) is 0 Å². The Labute approximate surface area is 207 Å². The SMILES string of the molecule is CCN(CC)c1ccc([C](S)(S)[Pd][C](S)(S)c2ccc(N(CC)CC)cc2)cc1. The molecule has 2 nitrogen and oxygen atoms in total. The number of anilines is 2. The van der Waals surface area contributed by atoms with Gasteiger partial charge >= 0.3 is 208 Å². The average molecular weight is 559 g/mol. The molecule has 0 amide bonds. The van der Waals surface area contributed by atoms with Gasteiger partial charge in [0.15, 0.2) is 0 Å². The fourth-order valence-corrected chi connectivity index (χ4v) is 9.32. The Kier molecular flexibility index (Phi) is 9.72. The van der Waals surface area contributed by atoms with Crippen LogP contribution in [0.3, 0.4) is 0 Å². The third kappa shape index (κ3) is 6.54. The molecule has 0 spiro atoms. The number of rotatable bonds is 10. The van der Waals surface area contributed by atoms with E-state index in [4.69, 9.17) is 50.5 Å². The molecule has 0 saturated carbocycles. The Morgan fingerprint density at radius 3 is 1.10 bits per heavy atom. The van der Waals surface area contributed by atoms with Crippen molar-refractivity contribution in [3.05, 3.63) is 59.7 Å². The summed E-state index contributed by atoms with van der Waals surface area (Å²) in [6, 6.07) is 17.1. The first-order valence-electron chi connectivity index (χ1n) is 9.89. The van der Waals surface area contributed by atoms with E-state index in [2.05, 4.69) is 86.0 Å². The Bertz CT molecular complexity index is 690. The zero-order valence-corrected chi connectivity index (χ0v) is 22.6. The first kappa shape index (κ1) is 25.4. The Hall–Kier alpha value is 0.102. The molecule has 0 aliphatic carbocycles. The zero-order chi connectivity index (χ0) is 21.7. The van der Waals surface area contributed by atoms with Crippen LogP contribution in [0.15, 0.2) is 48.5 Å². The van der Waals surface area contributed by atoms with E-state index in [9.17, 15) is 0 Å². The summed E-state index contributed by atoms with van der Waals surface area (Å²) < 4.78 is -1.20. The second-order valence-corrected chi connectivity index (χ2v) is 15.0. The molecular formula is C22H32N2PdS4. The van der Waals surface area contributed by atoms with Crippen LogP contribution in [0.2, 0.25) is 0 Å². The molecule has 0 bridgehead atoms. The maximum absolute atomic E-state index is 4.90. The molecule has 0 N–H and O–H groups in total. The third-order valence-corrected chi connectivity index (χ3v) is 9.60. The van der Waals surface area contributed by atoms with Crippen LogP contribution in [0, 0.1) is 0 Å². The van der Waals surface area contributed by atoms with Gasteiger partial charge in [0.05, 0.1) is 0 Å². The molecular weight excluding hydrogens is 527 g/mol. The van der Waals surface area contributed by atoms with Crippen LogP contribution in [0.1, 0.15) is 38.8 Å². The van der Waals surface area contributed by atoms with Gasteiger partial charge in [-0.2, -0.15) is 0 Å². The summed E-state index contributed by atoms with van der Waals surface area (Å²) in [6.07, 6.45) is 0. The van der Waals surface area contributed by atoms with Gasteiger partial charge in [-0.25, -0.2) is 0 Å². The summed E-state index contributed by atoms with van der Waals surface area (Å²) >= 11 is 19.6. The standard InChI is InChI=1S/2C11H16NS2.Pd/c2*1-3-12(4-2)10-7-5-9(6-8-10)11(13)14;/h2*5-8,13-14H,3-4H2,1-2H3;. The van der Waals surface area contributed by atoms with E-state index in [1.54, 1.807) is 0 Å². The maximum atomic E-state index is 4.90. The number of nitrogens with zero attached hydrogens (tertiary/aromatic N) is 2. The van der Waals surface area contributed by atoms with E-state index in [1.807, 2.05) is 0 Å². The molecule has 0 heterocycles. The molecule has 0 aliphatic rings. The molecule has 164 valence electrons. The van der Waals surface area contributed by atoms with Crippen LogP contribution in [0.5, 0.6) is 0 Å². The summed E-state index contributed by atoms with van der Waals surface area (Å²) in [5.74, 6) is 0. The molecule has 0 aromatic heterocycles. The van der Waals surface area contributed by atoms with E-state index in [0.29, 0.717) is 0 Å². The van der Waals surface area contributed by atoms with Crippen molar-refractivity contribution in [2.75, 3.05) is 36.0 Å². The van der Waals surface area contributed by atoms with Crippen molar-refractivity contribution in [3.63, 3.8) is 0 Å². The minimum atomic E-state index is -0.600. The summed E-state index contributed by atoms with van der Waals surface area (Å²) in [5.41, 5.74) is 4.58. The number of hydrogen-bond donors (Lipinski definition) is 4. The average Bonchev–Trinajstić information content (AvgIpc) is 2.70. The van der Waals surface area contributed by atoms with Crippen LogP contribution in [0.4, 0.5) is 11.4 Å². The third-order valence-electron chi connectivity index (χ3n) is 4.91. The Morgan fingerprint density at radius 1 is 0.586 bits per heavy atom. The van der Waals surface area contributed by atoms with Crippen molar-refractivity contribution >= 4 is 61.9 Å². The Morgan fingerprint density at radius 2 is 0.862 bits per heavy atom. The molecule has 7 heteroatoms. The first-order valence-corrected chi connectivity index (χ1v) is 13.2. The minimum absolute atomic E-state index is 0.00619. The van der Waals surface area contributed by atoms with Crippen LogP contribution in [-0.4, -0.2) is 26.2 Å². The van der Waals surface area contributed by atoms with Crippen LogP contribution >= 0.6 is 50.5 Å². The van der Waals surface area contributed by atoms with Gasteiger partial charge in [0.2, 0.25) is 0 Å². The van der Waals surface area contributed by atoms with Gasteiger partial charge in [-0.05, 0) is 0 Å². The second kappa shape index (κ2) is 11.1. The Balaban J connectivity index is 2.19. The van der Waals surface area contributed by atoms with E-state index in [-0.39, 0.29) is 18.0 Å². The normalized spacial score (nSPS) is 12.3. The van der Waals surface area contributed by atoms with Gasteiger partial charge in [0, 0.05) is 0 Å². The molecule has 2 aromatic carbocycles. The number of thiol groups is 4. The predicted molar refractivity (Wildman–Crippen MR) is 139 cm³/mol. The molecule has 29 heavy (non-hydrogen) atoms. The predicted octanol–water partition coefficient (Wildman–Crippen LogP) is 6.10. The molecule has 0 fully saturated rings. The summed E-state index contributed by atoms with van der Waals surface area (Å²) in [5, 5.41) is 0. The second-order valence-electron chi connectivity index (χ2n) is 6.61. The fourth-order valence-electron chi connectivity index (χ4n) is 3.17. The van der Waals surface area contributed by atoms with Gasteiger partial charge in [0.25, 0.3) is 0 Å². The molecule has 0 saturated heterocycles. The van der Waals surface area contributed by atoms with Crippen LogP contribution in [0.25, 0.3) is 0 Å². The zero-order valence-electron chi connectivity index (χ0n) is 17.4. The van der Waals surface area contributed by atoms with Gasteiger partial charge in [-0.1, -0.05) is 0 Å². The van der Waals surface area contributed by atoms with Crippen molar-refractivity contribution in [3.8, 4) is 0 Å². The molecule has 2 rings (SSSR count). The quantitative estimate of drug-likeness (QED) is 0.159. The van der Waals surface area contributed by atoms with E-state index >= 15 is 0 Å². The van der Waals surface area contributed by atoms with E-state index in [0.717, 1.165) is 37.3 Å². The van der Waals surface area contributed by atoms with E-state index < -0.39 is 5.10 Å².